The molecule has 0 fully saturated rings. The molecule has 0 saturated heterocycles. The van der Waals surface area contributed by atoms with Gasteiger partial charge in [0.25, 0.3) is 0 Å². The smallest absolute Gasteiger partial charge is 0.0662 e. The number of hydrogen-bond donors (Lipinski definition) is 1. The minimum absolute atomic E-state index is 0.770. The molecule has 0 bridgehead atoms. The third-order valence-electron chi connectivity index (χ3n) is 3.51. The van der Waals surface area contributed by atoms with Crippen LogP contribution in [-0.2, 0) is 13.1 Å². The van der Waals surface area contributed by atoms with E-state index in [0.717, 1.165) is 36.8 Å². The molecule has 20 heavy (non-hydrogen) atoms. The lowest BCUT2D eigenvalue weighted by atomic mass is 10.2. The van der Waals surface area contributed by atoms with Gasteiger partial charge in [0.1, 0.15) is 0 Å². The van der Waals surface area contributed by atoms with Crippen molar-refractivity contribution in [2.45, 2.75) is 40.3 Å². The molecule has 0 aliphatic rings. The van der Waals surface area contributed by atoms with Crippen molar-refractivity contribution >= 4 is 11.6 Å². The van der Waals surface area contributed by atoms with E-state index in [2.05, 4.69) is 35.9 Å². The van der Waals surface area contributed by atoms with Crippen LogP contribution >= 0.6 is 11.6 Å². The summed E-state index contributed by atoms with van der Waals surface area (Å²) in [5, 5.41) is 8.87. The van der Waals surface area contributed by atoms with Crippen LogP contribution in [0, 0.1) is 13.8 Å². The fourth-order valence-corrected chi connectivity index (χ4v) is 2.42. The van der Waals surface area contributed by atoms with Gasteiger partial charge < -0.3 is 5.32 Å². The average Bonchev–Trinajstić information content (AvgIpc) is 2.69. The Morgan fingerprint density at radius 1 is 1.20 bits per heavy atom. The molecule has 108 valence electrons. The topological polar surface area (TPSA) is 29.9 Å². The first-order valence-corrected chi connectivity index (χ1v) is 7.47. The summed E-state index contributed by atoms with van der Waals surface area (Å²) in [6.07, 6.45) is 1.15. The summed E-state index contributed by atoms with van der Waals surface area (Å²) in [6, 6.07) is 7.94. The average molecular weight is 292 g/mol. The van der Waals surface area contributed by atoms with Crippen molar-refractivity contribution in [2.75, 3.05) is 6.54 Å². The van der Waals surface area contributed by atoms with Gasteiger partial charge in [0.15, 0.2) is 0 Å². The van der Waals surface area contributed by atoms with Gasteiger partial charge in [-0.15, -0.1) is 0 Å². The van der Waals surface area contributed by atoms with E-state index in [0.29, 0.717) is 0 Å². The van der Waals surface area contributed by atoms with Gasteiger partial charge in [-0.2, -0.15) is 5.10 Å². The second-order valence-electron chi connectivity index (χ2n) is 5.11. The number of benzene rings is 1. The maximum Gasteiger partial charge on any atom is 0.0662 e. The zero-order chi connectivity index (χ0) is 14.5. The maximum absolute atomic E-state index is 5.92. The lowest BCUT2D eigenvalue weighted by Gasteiger charge is -2.07. The van der Waals surface area contributed by atoms with Crippen LogP contribution in [-0.4, -0.2) is 16.3 Å². The molecule has 2 rings (SSSR count). The monoisotopic (exact) mass is 291 g/mol. The molecule has 0 aliphatic carbocycles. The second-order valence-corrected chi connectivity index (χ2v) is 5.55. The van der Waals surface area contributed by atoms with E-state index in [4.69, 9.17) is 11.6 Å². The molecule has 1 aromatic heterocycles. The Hall–Kier alpha value is -1.32. The molecule has 1 heterocycles. The van der Waals surface area contributed by atoms with Crippen LogP contribution in [0.25, 0.3) is 0 Å². The van der Waals surface area contributed by atoms with Crippen molar-refractivity contribution in [2.24, 2.45) is 0 Å². The Balaban J connectivity index is 2.12. The first kappa shape index (κ1) is 15.1. The zero-order valence-electron chi connectivity index (χ0n) is 12.4. The van der Waals surface area contributed by atoms with Crippen molar-refractivity contribution < 1.29 is 0 Å². The van der Waals surface area contributed by atoms with Gasteiger partial charge >= 0.3 is 0 Å². The summed E-state index contributed by atoms with van der Waals surface area (Å²) in [5.74, 6) is 0. The summed E-state index contributed by atoms with van der Waals surface area (Å²) in [7, 11) is 0. The number of aryl methyl sites for hydroxylation is 1. The Morgan fingerprint density at radius 2 is 1.90 bits per heavy atom. The summed E-state index contributed by atoms with van der Waals surface area (Å²) < 4.78 is 2.07. The van der Waals surface area contributed by atoms with Crippen molar-refractivity contribution in [3.8, 4) is 0 Å². The Morgan fingerprint density at radius 3 is 2.55 bits per heavy atom. The van der Waals surface area contributed by atoms with E-state index < -0.39 is 0 Å². The Kier molecular flexibility index (Phi) is 5.21. The fraction of sp³-hybridized carbons (Fsp3) is 0.438. The predicted molar refractivity (Wildman–Crippen MR) is 84.3 cm³/mol. The number of halogens is 1. The number of nitrogens with one attached hydrogen (secondary N) is 1. The second kappa shape index (κ2) is 6.91. The molecular formula is C16H22ClN3. The molecule has 2 aromatic rings. The summed E-state index contributed by atoms with van der Waals surface area (Å²) in [4.78, 5) is 0. The highest BCUT2D eigenvalue weighted by Crippen LogP contribution is 2.16. The molecule has 0 spiro atoms. The van der Waals surface area contributed by atoms with Crippen molar-refractivity contribution in [1.29, 1.82) is 0 Å². The number of aromatic nitrogens is 2. The van der Waals surface area contributed by atoms with E-state index in [-0.39, 0.29) is 0 Å². The molecule has 0 saturated carbocycles. The lowest BCUT2D eigenvalue weighted by molar-refractivity contribution is 0.650. The molecule has 0 atom stereocenters. The molecule has 0 aliphatic heterocycles. The van der Waals surface area contributed by atoms with E-state index >= 15 is 0 Å². The minimum Gasteiger partial charge on any atom is -0.313 e. The van der Waals surface area contributed by atoms with Crippen LogP contribution in [0.5, 0.6) is 0 Å². The van der Waals surface area contributed by atoms with E-state index in [1.54, 1.807) is 0 Å². The van der Waals surface area contributed by atoms with Gasteiger partial charge in [-0.25, -0.2) is 0 Å². The summed E-state index contributed by atoms with van der Waals surface area (Å²) in [5.41, 5.74) is 4.88. The number of hydrogen-bond acceptors (Lipinski definition) is 2. The first-order valence-electron chi connectivity index (χ1n) is 7.10. The third kappa shape index (κ3) is 3.62. The molecule has 0 radical (unpaired) electrons. The minimum atomic E-state index is 0.770. The maximum atomic E-state index is 5.92. The van der Waals surface area contributed by atoms with Crippen LogP contribution in [0.15, 0.2) is 24.3 Å². The van der Waals surface area contributed by atoms with Gasteiger partial charge in [0.2, 0.25) is 0 Å². The van der Waals surface area contributed by atoms with Crippen LogP contribution in [0.4, 0.5) is 0 Å². The standard InChI is InChI=1S/C16H22ClN3/c1-4-9-18-10-16-12(2)19-20(13(16)3)11-14-5-7-15(17)8-6-14/h5-8,18H,4,9-11H2,1-3H3. The predicted octanol–water partition coefficient (Wildman–Crippen LogP) is 3.70. The normalized spacial score (nSPS) is 11.0. The molecule has 0 unspecified atom stereocenters. The van der Waals surface area contributed by atoms with Crippen LogP contribution in [0.1, 0.15) is 35.9 Å². The highest BCUT2D eigenvalue weighted by atomic mass is 35.5. The SMILES string of the molecule is CCCNCc1c(C)nn(Cc2ccc(Cl)cc2)c1C. The van der Waals surface area contributed by atoms with E-state index in [9.17, 15) is 0 Å². The number of nitrogens with zero attached hydrogens (tertiary/aromatic N) is 2. The van der Waals surface area contributed by atoms with Crippen LogP contribution in [0.3, 0.4) is 0 Å². The van der Waals surface area contributed by atoms with Gasteiger partial charge in [0, 0.05) is 22.8 Å². The zero-order valence-corrected chi connectivity index (χ0v) is 13.2. The van der Waals surface area contributed by atoms with Crippen LogP contribution < -0.4 is 5.32 Å². The molecule has 4 heteroatoms. The summed E-state index contributed by atoms with van der Waals surface area (Å²) in [6.45, 7) is 9.12. The number of rotatable bonds is 6. The van der Waals surface area contributed by atoms with Crippen molar-refractivity contribution in [3.63, 3.8) is 0 Å². The highest BCUT2D eigenvalue weighted by Gasteiger charge is 2.11. The third-order valence-corrected chi connectivity index (χ3v) is 3.76. The van der Waals surface area contributed by atoms with E-state index in [1.807, 2.05) is 24.3 Å². The molecule has 3 nitrogen and oxygen atoms in total. The van der Waals surface area contributed by atoms with Crippen molar-refractivity contribution in [1.82, 2.24) is 15.1 Å². The lowest BCUT2D eigenvalue weighted by Crippen LogP contribution is -2.15. The molecular weight excluding hydrogens is 270 g/mol. The van der Waals surface area contributed by atoms with Gasteiger partial charge in [-0.05, 0) is 44.5 Å². The quantitative estimate of drug-likeness (QED) is 0.823. The van der Waals surface area contributed by atoms with Gasteiger partial charge in [0.05, 0.1) is 12.2 Å². The molecule has 1 N–H and O–H groups in total. The van der Waals surface area contributed by atoms with Crippen molar-refractivity contribution in [3.05, 3.63) is 51.8 Å². The first-order chi connectivity index (χ1) is 9.61. The van der Waals surface area contributed by atoms with E-state index in [1.165, 1.54) is 16.8 Å². The van der Waals surface area contributed by atoms with Crippen LogP contribution in [0.2, 0.25) is 5.02 Å². The summed E-state index contributed by atoms with van der Waals surface area (Å²) >= 11 is 5.92. The van der Waals surface area contributed by atoms with Gasteiger partial charge in [-0.3, -0.25) is 4.68 Å². The highest BCUT2D eigenvalue weighted by molar-refractivity contribution is 6.30. The molecule has 1 aromatic carbocycles. The fourth-order valence-electron chi connectivity index (χ4n) is 2.30. The van der Waals surface area contributed by atoms with Gasteiger partial charge in [-0.1, -0.05) is 30.7 Å². The largest absolute Gasteiger partial charge is 0.313 e. The Labute approximate surface area is 126 Å². The molecule has 0 amide bonds. The Bertz CT molecular complexity index is 558.